The van der Waals surface area contributed by atoms with Gasteiger partial charge in [0.15, 0.2) is 10.4 Å². The number of piperidine rings is 2. The summed E-state index contributed by atoms with van der Waals surface area (Å²) in [5.74, 6) is -0.221. The van der Waals surface area contributed by atoms with E-state index in [1.165, 1.54) is 11.8 Å². The van der Waals surface area contributed by atoms with Gasteiger partial charge in [-0.15, -0.1) is 0 Å². The normalized spacial score (nSPS) is 17.1. The summed E-state index contributed by atoms with van der Waals surface area (Å²) >= 11 is 7.17. The lowest BCUT2D eigenvalue weighted by molar-refractivity contribution is -0.140. The lowest BCUT2D eigenvalue weighted by Gasteiger charge is -2.33. The Morgan fingerprint density at radius 1 is 0.839 bits per heavy atom. The number of hydrogen-bond donors (Lipinski definition) is 0. The Morgan fingerprint density at radius 2 is 1.39 bits per heavy atom. The monoisotopic (exact) mass is 458 g/mol. The molecule has 0 spiro atoms. The number of aromatic nitrogens is 2. The Labute approximate surface area is 192 Å². The van der Waals surface area contributed by atoms with E-state index in [0.717, 1.165) is 76.0 Å². The molecule has 0 unspecified atom stereocenters. The molecule has 1 aromatic carbocycles. The average Bonchev–Trinajstić information content (AvgIpc) is 2.83. The summed E-state index contributed by atoms with van der Waals surface area (Å²) in [4.78, 5) is 39.4. The van der Waals surface area contributed by atoms with Gasteiger partial charge in [0.25, 0.3) is 0 Å². The number of hydrogen-bond acceptors (Lipinski definition) is 5. The van der Waals surface area contributed by atoms with Gasteiger partial charge in [0.05, 0.1) is 5.69 Å². The third kappa shape index (κ3) is 5.57. The molecule has 2 aromatic rings. The van der Waals surface area contributed by atoms with Crippen LogP contribution < -0.4 is 0 Å². The number of benzene rings is 1. The Bertz CT molecular complexity index is 882. The standard InChI is InChI=1S/C23H27ClN4O2S/c24-18-9-7-17(8-10-18)19-11-12-25-23(26-19)31-20(21(29)27-13-3-1-4-14-27)22(30)28-15-5-2-6-16-28/h7-12,20H,1-6,13-16H2. The molecule has 0 aliphatic carbocycles. The minimum atomic E-state index is -0.836. The molecule has 6 nitrogen and oxygen atoms in total. The van der Waals surface area contributed by atoms with Crippen molar-refractivity contribution in [3.8, 4) is 11.3 Å². The number of carbonyl (C=O) groups is 2. The van der Waals surface area contributed by atoms with E-state index < -0.39 is 5.25 Å². The second kappa shape index (κ2) is 10.5. The van der Waals surface area contributed by atoms with E-state index in [4.69, 9.17) is 11.6 Å². The summed E-state index contributed by atoms with van der Waals surface area (Å²) in [6.45, 7) is 2.87. The molecule has 0 N–H and O–H groups in total. The van der Waals surface area contributed by atoms with Gasteiger partial charge < -0.3 is 9.80 Å². The maximum Gasteiger partial charge on any atom is 0.245 e. The smallest absolute Gasteiger partial charge is 0.245 e. The van der Waals surface area contributed by atoms with Crippen LogP contribution in [0.2, 0.25) is 5.02 Å². The summed E-state index contributed by atoms with van der Waals surface area (Å²) in [6.07, 6.45) is 7.90. The van der Waals surface area contributed by atoms with Crippen molar-refractivity contribution in [2.45, 2.75) is 48.9 Å². The lowest BCUT2D eigenvalue weighted by Crippen LogP contribution is -2.50. The molecule has 0 radical (unpaired) electrons. The molecule has 2 fully saturated rings. The molecule has 2 aliphatic rings. The van der Waals surface area contributed by atoms with Gasteiger partial charge in [-0.3, -0.25) is 9.59 Å². The van der Waals surface area contributed by atoms with Gasteiger partial charge in [0.1, 0.15) is 0 Å². The van der Waals surface area contributed by atoms with E-state index in [1.54, 1.807) is 6.20 Å². The van der Waals surface area contributed by atoms with Crippen molar-refractivity contribution < 1.29 is 9.59 Å². The number of nitrogens with zero attached hydrogens (tertiary/aromatic N) is 4. The topological polar surface area (TPSA) is 66.4 Å². The number of rotatable bonds is 5. The van der Waals surface area contributed by atoms with Crippen LogP contribution in [0.4, 0.5) is 0 Å². The van der Waals surface area contributed by atoms with Crippen molar-refractivity contribution in [3.63, 3.8) is 0 Å². The quantitative estimate of drug-likeness (QED) is 0.380. The summed E-state index contributed by atoms with van der Waals surface area (Å²) in [5, 5.41) is 0.261. The third-order valence-corrected chi connectivity index (χ3v) is 7.08. The fourth-order valence-corrected chi connectivity index (χ4v) is 5.16. The first-order chi connectivity index (χ1) is 15.1. The van der Waals surface area contributed by atoms with Crippen molar-refractivity contribution in [1.29, 1.82) is 0 Å². The summed E-state index contributed by atoms with van der Waals surface area (Å²) in [7, 11) is 0. The van der Waals surface area contributed by atoms with E-state index in [-0.39, 0.29) is 11.8 Å². The molecular weight excluding hydrogens is 432 g/mol. The molecule has 2 saturated heterocycles. The Kier molecular flexibility index (Phi) is 7.45. The van der Waals surface area contributed by atoms with Crippen LogP contribution in [0, 0.1) is 0 Å². The van der Waals surface area contributed by atoms with Crippen molar-refractivity contribution in [2.75, 3.05) is 26.2 Å². The first-order valence-corrected chi connectivity index (χ1v) is 12.2. The van der Waals surface area contributed by atoms with Crippen LogP contribution in [0.25, 0.3) is 11.3 Å². The lowest BCUT2D eigenvalue weighted by atomic mass is 10.1. The number of halogens is 1. The van der Waals surface area contributed by atoms with E-state index in [9.17, 15) is 9.59 Å². The van der Waals surface area contributed by atoms with Gasteiger partial charge >= 0.3 is 0 Å². The van der Waals surface area contributed by atoms with Gasteiger partial charge in [-0.05, 0) is 56.7 Å². The summed E-state index contributed by atoms with van der Waals surface area (Å²) in [5.41, 5.74) is 1.65. The largest absolute Gasteiger partial charge is 0.341 e. The highest BCUT2D eigenvalue weighted by Gasteiger charge is 2.36. The average molecular weight is 459 g/mol. The Hall–Kier alpha value is -2.12. The maximum absolute atomic E-state index is 13.4. The molecule has 31 heavy (non-hydrogen) atoms. The van der Waals surface area contributed by atoms with Crippen molar-refractivity contribution in [2.24, 2.45) is 0 Å². The van der Waals surface area contributed by atoms with Crippen molar-refractivity contribution in [3.05, 3.63) is 41.6 Å². The second-order valence-electron chi connectivity index (χ2n) is 8.00. The molecular formula is C23H27ClN4O2S. The van der Waals surface area contributed by atoms with Crippen LogP contribution in [0.1, 0.15) is 38.5 Å². The SMILES string of the molecule is O=C(C(Sc1nccc(-c2ccc(Cl)cc2)n1)C(=O)N1CCCCC1)N1CCCCC1. The molecule has 0 saturated carbocycles. The Balaban J connectivity index is 1.57. The molecule has 1 aromatic heterocycles. The summed E-state index contributed by atoms with van der Waals surface area (Å²) in [6, 6.07) is 9.24. The molecule has 164 valence electrons. The van der Waals surface area contributed by atoms with E-state index in [1.807, 2.05) is 40.1 Å². The first-order valence-electron chi connectivity index (χ1n) is 10.9. The Morgan fingerprint density at radius 3 is 1.94 bits per heavy atom. The number of carbonyl (C=O) groups excluding carboxylic acids is 2. The van der Waals surface area contributed by atoms with E-state index >= 15 is 0 Å². The number of likely N-dealkylation sites (tertiary alicyclic amines) is 2. The summed E-state index contributed by atoms with van der Waals surface area (Å²) < 4.78 is 0. The van der Waals surface area contributed by atoms with Gasteiger partial charge in [-0.1, -0.05) is 35.5 Å². The molecule has 0 atom stereocenters. The van der Waals surface area contributed by atoms with Crippen molar-refractivity contribution >= 4 is 35.2 Å². The fourth-order valence-electron chi connectivity index (χ4n) is 4.05. The maximum atomic E-state index is 13.4. The zero-order valence-corrected chi connectivity index (χ0v) is 19.1. The third-order valence-electron chi connectivity index (χ3n) is 5.78. The molecule has 2 amide bonds. The van der Waals surface area contributed by atoms with Crippen LogP contribution >= 0.6 is 23.4 Å². The van der Waals surface area contributed by atoms with Crippen LogP contribution in [-0.4, -0.2) is 63.0 Å². The molecule has 2 aliphatic heterocycles. The van der Waals surface area contributed by atoms with Crippen LogP contribution in [0.3, 0.4) is 0 Å². The van der Waals surface area contributed by atoms with Crippen molar-refractivity contribution in [1.82, 2.24) is 19.8 Å². The molecule has 3 heterocycles. The number of thioether (sulfide) groups is 1. The molecule has 8 heteroatoms. The highest BCUT2D eigenvalue weighted by Crippen LogP contribution is 2.28. The highest BCUT2D eigenvalue weighted by atomic mass is 35.5. The van der Waals surface area contributed by atoms with Gasteiger partial charge in [0.2, 0.25) is 11.8 Å². The molecule has 4 rings (SSSR count). The minimum absolute atomic E-state index is 0.110. The first kappa shape index (κ1) is 22.1. The highest BCUT2D eigenvalue weighted by molar-refractivity contribution is 8.01. The zero-order chi connectivity index (χ0) is 21.6. The predicted octanol–water partition coefficient (Wildman–Crippen LogP) is 4.28. The fraction of sp³-hybridized carbons (Fsp3) is 0.478. The van der Waals surface area contributed by atoms with Crippen LogP contribution in [0.15, 0.2) is 41.7 Å². The number of amides is 2. The second-order valence-corrected chi connectivity index (χ2v) is 9.51. The van der Waals surface area contributed by atoms with Gasteiger partial charge in [0, 0.05) is 43.0 Å². The van der Waals surface area contributed by atoms with Crippen LogP contribution in [0.5, 0.6) is 0 Å². The van der Waals surface area contributed by atoms with Crippen LogP contribution in [-0.2, 0) is 9.59 Å². The van der Waals surface area contributed by atoms with E-state index in [0.29, 0.717) is 10.2 Å². The zero-order valence-electron chi connectivity index (χ0n) is 17.5. The van der Waals surface area contributed by atoms with E-state index in [2.05, 4.69) is 9.97 Å². The molecule has 0 bridgehead atoms. The van der Waals surface area contributed by atoms with Gasteiger partial charge in [-0.25, -0.2) is 9.97 Å². The minimum Gasteiger partial charge on any atom is -0.341 e. The van der Waals surface area contributed by atoms with Gasteiger partial charge in [-0.2, -0.15) is 0 Å². The predicted molar refractivity (Wildman–Crippen MR) is 123 cm³/mol.